The number of nitriles is 1. The van der Waals surface area contributed by atoms with Gasteiger partial charge in [-0.05, 0) is 31.0 Å². The summed E-state index contributed by atoms with van der Waals surface area (Å²) in [5.41, 5.74) is 0.717. The molecule has 0 aliphatic heterocycles. The van der Waals surface area contributed by atoms with Gasteiger partial charge in [0.1, 0.15) is 11.9 Å². The Kier molecular flexibility index (Phi) is 3.60. The molecule has 2 N–H and O–H groups in total. The Hall–Kier alpha value is -1.60. The zero-order valence-electron chi connectivity index (χ0n) is 9.49. The first-order valence-electron chi connectivity index (χ1n) is 5.85. The van der Waals surface area contributed by atoms with E-state index in [-0.39, 0.29) is 17.7 Å². The summed E-state index contributed by atoms with van der Waals surface area (Å²) >= 11 is 0. The molecule has 1 aliphatic carbocycles. The fraction of sp³-hybridized carbons (Fsp3) is 0.462. The van der Waals surface area contributed by atoms with E-state index in [0.717, 1.165) is 25.7 Å². The third-order valence-corrected chi connectivity index (χ3v) is 3.17. The molecule has 1 aromatic rings. The van der Waals surface area contributed by atoms with Crippen LogP contribution in [0.2, 0.25) is 0 Å². The summed E-state index contributed by atoms with van der Waals surface area (Å²) in [4.78, 5) is 0. The van der Waals surface area contributed by atoms with E-state index in [1.807, 2.05) is 0 Å². The van der Waals surface area contributed by atoms with Crippen molar-refractivity contribution in [1.29, 1.82) is 5.26 Å². The summed E-state index contributed by atoms with van der Waals surface area (Å²) < 4.78 is 13.1. The lowest BCUT2D eigenvalue weighted by Crippen LogP contribution is -2.36. The van der Waals surface area contributed by atoms with Gasteiger partial charge in [0.15, 0.2) is 0 Å². The predicted molar refractivity (Wildman–Crippen MR) is 63.0 cm³/mol. The van der Waals surface area contributed by atoms with E-state index < -0.39 is 5.82 Å². The maximum atomic E-state index is 13.1. The Morgan fingerprint density at radius 1 is 1.35 bits per heavy atom. The van der Waals surface area contributed by atoms with Gasteiger partial charge in [0.2, 0.25) is 0 Å². The number of benzene rings is 1. The Morgan fingerprint density at radius 2 is 2.12 bits per heavy atom. The Bertz CT molecular complexity index is 442. The normalized spacial score (nSPS) is 24.1. The van der Waals surface area contributed by atoms with E-state index >= 15 is 0 Å². The Labute approximate surface area is 99.9 Å². The summed E-state index contributed by atoms with van der Waals surface area (Å²) in [5.74, 6) is -0.512. The van der Waals surface area contributed by atoms with Crippen LogP contribution in [0, 0.1) is 17.1 Å². The highest BCUT2D eigenvalue weighted by atomic mass is 19.1. The smallest absolute Gasteiger partial charge is 0.141 e. The van der Waals surface area contributed by atoms with E-state index in [1.54, 1.807) is 12.1 Å². The molecular formula is C13H15FN2O. The van der Waals surface area contributed by atoms with Gasteiger partial charge in [-0.1, -0.05) is 12.8 Å². The third kappa shape index (κ3) is 2.75. The highest BCUT2D eigenvalue weighted by Gasteiger charge is 2.22. The summed E-state index contributed by atoms with van der Waals surface area (Å²) in [6.45, 7) is 0. The summed E-state index contributed by atoms with van der Waals surface area (Å²) in [7, 11) is 0. The molecule has 17 heavy (non-hydrogen) atoms. The lowest BCUT2D eigenvalue weighted by molar-refractivity contribution is 0.116. The molecule has 0 aromatic heterocycles. The van der Waals surface area contributed by atoms with E-state index in [2.05, 4.69) is 5.32 Å². The summed E-state index contributed by atoms with van der Waals surface area (Å²) in [6, 6.07) is 6.16. The van der Waals surface area contributed by atoms with E-state index in [4.69, 9.17) is 5.26 Å². The lowest BCUT2D eigenvalue weighted by atomic mass is 9.92. The molecule has 3 nitrogen and oxygen atoms in total. The van der Waals surface area contributed by atoms with Crippen LogP contribution < -0.4 is 5.32 Å². The fourth-order valence-corrected chi connectivity index (χ4v) is 2.19. The lowest BCUT2D eigenvalue weighted by Gasteiger charge is -2.29. The van der Waals surface area contributed by atoms with Crippen molar-refractivity contribution < 1.29 is 9.50 Å². The van der Waals surface area contributed by atoms with Gasteiger partial charge in [0.05, 0.1) is 17.7 Å². The molecule has 4 heteroatoms. The van der Waals surface area contributed by atoms with Gasteiger partial charge < -0.3 is 10.4 Å². The van der Waals surface area contributed by atoms with E-state index in [9.17, 15) is 9.50 Å². The number of hydrogen-bond acceptors (Lipinski definition) is 3. The summed E-state index contributed by atoms with van der Waals surface area (Å²) in [5, 5.41) is 21.7. The molecule has 90 valence electrons. The molecule has 1 fully saturated rings. The monoisotopic (exact) mass is 234 g/mol. The Balaban J connectivity index is 2.10. The van der Waals surface area contributed by atoms with Crippen molar-refractivity contribution in [2.75, 3.05) is 5.32 Å². The average Bonchev–Trinajstić information content (AvgIpc) is 2.34. The van der Waals surface area contributed by atoms with Gasteiger partial charge in [-0.15, -0.1) is 0 Å². The van der Waals surface area contributed by atoms with Crippen LogP contribution in [0.4, 0.5) is 10.1 Å². The first-order valence-corrected chi connectivity index (χ1v) is 5.85. The van der Waals surface area contributed by atoms with Gasteiger partial charge in [-0.25, -0.2) is 4.39 Å². The van der Waals surface area contributed by atoms with Crippen molar-refractivity contribution >= 4 is 5.69 Å². The quantitative estimate of drug-likeness (QED) is 0.826. The molecule has 2 atom stereocenters. The molecule has 1 aliphatic rings. The minimum Gasteiger partial charge on any atom is -0.391 e. The second kappa shape index (κ2) is 5.15. The number of aliphatic hydroxyl groups excluding tert-OH is 1. The molecule has 0 unspecified atom stereocenters. The van der Waals surface area contributed by atoms with E-state index in [0.29, 0.717) is 5.69 Å². The van der Waals surface area contributed by atoms with E-state index in [1.165, 1.54) is 12.1 Å². The maximum Gasteiger partial charge on any atom is 0.141 e. The molecule has 0 spiro atoms. The fourth-order valence-electron chi connectivity index (χ4n) is 2.19. The van der Waals surface area contributed by atoms with Gasteiger partial charge in [-0.3, -0.25) is 0 Å². The SMILES string of the molecule is N#Cc1cc(N[C@H]2CCCC[C@@H]2O)ccc1F. The zero-order valence-corrected chi connectivity index (χ0v) is 9.49. The topological polar surface area (TPSA) is 56.0 Å². The number of anilines is 1. The minimum atomic E-state index is -0.512. The number of halogens is 1. The molecule has 0 amide bonds. The number of hydrogen-bond donors (Lipinski definition) is 2. The first-order chi connectivity index (χ1) is 8.20. The van der Waals surface area contributed by atoms with Crippen molar-refractivity contribution in [3.63, 3.8) is 0 Å². The van der Waals surface area contributed by atoms with Crippen molar-refractivity contribution in [2.45, 2.75) is 37.8 Å². The van der Waals surface area contributed by atoms with Gasteiger partial charge >= 0.3 is 0 Å². The Morgan fingerprint density at radius 3 is 2.82 bits per heavy atom. The molecule has 1 saturated carbocycles. The van der Waals surface area contributed by atoms with Gasteiger partial charge in [0, 0.05) is 5.69 Å². The largest absolute Gasteiger partial charge is 0.391 e. The first kappa shape index (κ1) is 11.9. The molecule has 1 aromatic carbocycles. The zero-order chi connectivity index (χ0) is 12.3. The molecule has 0 saturated heterocycles. The number of aliphatic hydroxyl groups is 1. The van der Waals surface area contributed by atoms with Crippen LogP contribution in [0.25, 0.3) is 0 Å². The highest BCUT2D eigenvalue weighted by Crippen LogP contribution is 2.23. The molecule has 0 heterocycles. The number of rotatable bonds is 2. The van der Waals surface area contributed by atoms with Crippen molar-refractivity contribution in [3.8, 4) is 6.07 Å². The van der Waals surface area contributed by atoms with Crippen LogP contribution in [0.15, 0.2) is 18.2 Å². The van der Waals surface area contributed by atoms with Crippen LogP contribution in [-0.4, -0.2) is 17.3 Å². The predicted octanol–water partition coefficient (Wildman–Crippen LogP) is 2.41. The van der Waals surface area contributed by atoms with Crippen LogP contribution in [0.3, 0.4) is 0 Å². The maximum absolute atomic E-state index is 13.1. The van der Waals surface area contributed by atoms with Crippen LogP contribution >= 0.6 is 0 Å². The molecular weight excluding hydrogens is 219 g/mol. The molecule has 0 bridgehead atoms. The molecule has 2 rings (SSSR count). The van der Waals surface area contributed by atoms with Gasteiger partial charge in [0.25, 0.3) is 0 Å². The second-order valence-electron chi connectivity index (χ2n) is 4.41. The number of nitrogens with zero attached hydrogens (tertiary/aromatic N) is 1. The standard InChI is InChI=1S/C13H15FN2O/c14-11-6-5-10(7-9(11)8-15)16-12-3-1-2-4-13(12)17/h5-7,12-13,16-17H,1-4H2/t12-,13-/m0/s1. The van der Waals surface area contributed by atoms with Crippen LogP contribution in [0.5, 0.6) is 0 Å². The minimum absolute atomic E-state index is 0.000698. The van der Waals surface area contributed by atoms with Crippen molar-refractivity contribution in [1.82, 2.24) is 0 Å². The van der Waals surface area contributed by atoms with Gasteiger partial charge in [-0.2, -0.15) is 5.26 Å². The highest BCUT2D eigenvalue weighted by molar-refractivity contribution is 5.50. The number of nitrogens with one attached hydrogen (secondary N) is 1. The van der Waals surface area contributed by atoms with Crippen LogP contribution in [-0.2, 0) is 0 Å². The van der Waals surface area contributed by atoms with Crippen LogP contribution in [0.1, 0.15) is 31.2 Å². The second-order valence-corrected chi connectivity index (χ2v) is 4.41. The summed E-state index contributed by atoms with van der Waals surface area (Å²) in [6.07, 6.45) is 3.47. The average molecular weight is 234 g/mol. The molecule has 0 radical (unpaired) electrons. The van der Waals surface area contributed by atoms with Crippen molar-refractivity contribution in [3.05, 3.63) is 29.6 Å². The third-order valence-electron chi connectivity index (χ3n) is 3.17. The van der Waals surface area contributed by atoms with Crippen molar-refractivity contribution in [2.24, 2.45) is 0 Å².